The van der Waals surface area contributed by atoms with Crippen LogP contribution in [0, 0.1) is 5.92 Å². The Bertz CT molecular complexity index is 197. The summed E-state index contributed by atoms with van der Waals surface area (Å²) in [5.41, 5.74) is 0. The first-order valence-electron chi connectivity index (χ1n) is 6.51. The zero-order valence-electron chi connectivity index (χ0n) is 11.6. The fourth-order valence-electron chi connectivity index (χ4n) is 1.68. The Morgan fingerprint density at radius 2 is 1.53 bits per heavy atom. The minimum Gasteiger partial charge on any atom is -0.381 e. The van der Waals surface area contributed by atoms with Gasteiger partial charge >= 0.3 is 9.53 Å². The van der Waals surface area contributed by atoms with Gasteiger partial charge < -0.3 is 18.0 Å². The van der Waals surface area contributed by atoms with E-state index in [1.807, 2.05) is 27.7 Å². The molecule has 17 heavy (non-hydrogen) atoms. The van der Waals surface area contributed by atoms with Crippen LogP contribution in [0.5, 0.6) is 0 Å². The molecule has 1 rings (SSSR count). The van der Waals surface area contributed by atoms with Crippen LogP contribution in [-0.4, -0.2) is 41.1 Å². The first kappa shape index (κ1) is 15.1. The monoisotopic (exact) mass is 262 g/mol. The van der Waals surface area contributed by atoms with Crippen LogP contribution in [0.4, 0.5) is 0 Å². The second-order valence-electron chi connectivity index (χ2n) is 5.24. The second kappa shape index (κ2) is 7.48. The van der Waals surface area contributed by atoms with Crippen molar-refractivity contribution >= 4 is 9.53 Å². The van der Waals surface area contributed by atoms with Crippen LogP contribution in [0.2, 0.25) is 0 Å². The summed E-state index contributed by atoms with van der Waals surface area (Å²) in [6.07, 6.45) is 1.54. The van der Waals surface area contributed by atoms with Crippen LogP contribution in [0.15, 0.2) is 0 Å². The molecule has 1 saturated heterocycles. The van der Waals surface area contributed by atoms with Gasteiger partial charge in [-0.3, -0.25) is 0 Å². The maximum Gasteiger partial charge on any atom is 0.484 e. The fourth-order valence-corrected chi connectivity index (χ4v) is 3.25. The van der Waals surface area contributed by atoms with Crippen molar-refractivity contribution in [1.29, 1.82) is 0 Å². The van der Waals surface area contributed by atoms with Crippen molar-refractivity contribution in [3.63, 3.8) is 0 Å². The summed E-state index contributed by atoms with van der Waals surface area (Å²) in [5.74, 6) is 0.651. The Hall–Kier alpha value is 0.0569. The molecule has 1 heterocycles. The normalized spacial score (nSPS) is 19.1. The molecule has 0 bridgehead atoms. The average molecular weight is 262 g/mol. The van der Waals surface area contributed by atoms with E-state index in [9.17, 15) is 0 Å². The van der Waals surface area contributed by atoms with Gasteiger partial charge in [0, 0.05) is 24.2 Å². The van der Waals surface area contributed by atoms with E-state index in [4.69, 9.17) is 18.0 Å². The third-order valence-electron chi connectivity index (χ3n) is 2.48. The molecular weight excluding hydrogens is 236 g/mol. The van der Waals surface area contributed by atoms with Crippen LogP contribution < -0.4 is 0 Å². The van der Waals surface area contributed by atoms with Gasteiger partial charge in [0.2, 0.25) is 0 Å². The van der Waals surface area contributed by atoms with E-state index in [0.29, 0.717) is 5.92 Å². The Kier molecular flexibility index (Phi) is 6.65. The molecule has 0 amide bonds. The minimum absolute atomic E-state index is 0.157. The van der Waals surface area contributed by atoms with Crippen molar-refractivity contribution in [3.8, 4) is 0 Å². The molecule has 0 N–H and O–H groups in total. The highest BCUT2D eigenvalue weighted by Crippen LogP contribution is 2.19. The molecular formula is C12H26O4Si. The summed E-state index contributed by atoms with van der Waals surface area (Å²) >= 11 is 0. The van der Waals surface area contributed by atoms with Gasteiger partial charge in [-0.2, -0.15) is 0 Å². The van der Waals surface area contributed by atoms with Crippen LogP contribution >= 0.6 is 0 Å². The lowest BCUT2D eigenvalue weighted by Gasteiger charge is -2.30. The highest BCUT2D eigenvalue weighted by atomic mass is 28.3. The quantitative estimate of drug-likeness (QED) is 0.627. The van der Waals surface area contributed by atoms with E-state index in [1.54, 1.807) is 0 Å². The molecule has 0 aromatic rings. The van der Waals surface area contributed by atoms with Crippen LogP contribution in [0.1, 0.15) is 41.0 Å². The molecule has 0 spiro atoms. The topological polar surface area (TPSA) is 36.9 Å². The average Bonchev–Trinajstić information content (AvgIpc) is 2.09. The number of hydrogen-bond acceptors (Lipinski definition) is 4. The van der Waals surface area contributed by atoms with Crippen LogP contribution in [-0.2, 0) is 18.0 Å². The fraction of sp³-hybridized carbons (Fsp3) is 1.00. The van der Waals surface area contributed by atoms with Crippen molar-refractivity contribution in [2.75, 3.05) is 13.2 Å². The summed E-state index contributed by atoms with van der Waals surface area (Å²) in [6.45, 7) is 11.9. The maximum absolute atomic E-state index is 5.92. The first-order chi connectivity index (χ1) is 7.97. The molecule has 102 valence electrons. The van der Waals surface area contributed by atoms with Gasteiger partial charge in [-0.05, 0) is 41.0 Å². The number of rotatable bonds is 8. The van der Waals surface area contributed by atoms with Crippen LogP contribution in [0.3, 0.4) is 0 Å². The number of hydrogen-bond donors (Lipinski definition) is 0. The predicted molar refractivity (Wildman–Crippen MR) is 69.1 cm³/mol. The largest absolute Gasteiger partial charge is 0.484 e. The molecule has 1 atom stereocenters. The Morgan fingerprint density at radius 3 is 1.88 bits per heavy atom. The highest BCUT2D eigenvalue weighted by molar-refractivity contribution is 6.36. The summed E-state index contributed by atoms with van der Waals surface area (Å²) in [5, 5.41) is 0. The first-order valence-corrected chi connectivity index (χ1v) is 7.93. The molecule has 0 saturated carbocycles. The van der Waals surface area contributed by atoms with Gasteiger partial charge in [-0.15, -0.1) is 0 Å². The van der Waals surface area contributed by atoms with E-state index < -0.39 is 9.53 Å². The van der Waals surface area contributed by atoms with Crippen molar-refractivity contribution in [1.82, 2.24) is 0 Å². The van der Waals surface area contributed by atoms with Crippen molar-refractivity contribution in [2.45, 2.75) is 59.4 Å². The van der Waals surface area contributed by atoms with Gasteiger partial charge in [-0.25, -0.2) is 0 Å². The van der Waals surface area contributed by atoms with Gasteiger partial charge in [0.15, 0.2) is 0 Å². The van der Waals surface area contributed by atoms with Crippen molar-refractivity contribution < 1.29 is 18.0 Å². The molecule has 0 aromatic heterocycles. The van der Waals surface area contributed by atoms with E-state index in [-0.39, 0.29) is 18.3 Å². The van der Waals surface area contributed by atoms with Crippen molar-refractivity contribution in [2.24, 2.45) is 5.92 Å². The van der Waals surface area contributed by atoms with E-state index in [1.165, 1.54) is 0 Å². The van der Waals surface area contributed by atoms with Gasteiger partial charge in [0.05, 0.1) is 13.2 Å². The van der Waals surface area contributed by atoms with Crippen LogP contribution in [0.25, 0.3) is 0 Å². The molecule has 1 fully saturated rings. The second-order valence-corrected chi connectivity index (χ2v) is 6.64. The molecule has 1 unspecified atom stereocenters. The Balaban J connectivity index is 2.29. The summed E-state index contributed by atoms with van der Waals surface area (Å²) in [4.78, 5) is 0. The molecule has 0 aliphatic carbocycles. The summed E-state index contributed by atoms with van der Waals surface area (Å²) in [7, 11) is -1.99. The lowest BCUT2D eigenvalue weighted by Crippen LogP contribution is -2.38. The minimum atomic E-state index is -1.99. The molecule has 1 aliphatic heterocycles. The third kappa shape index (κ3) is 6.52. The molecule has 1 aliphatic rings. The van der Waals surface area contributed by atoms with E-state index in [0.717, 1.165) is 19.6 Å². The number of ether oxygens (including phenoxy) is 1. The lowest BCUT2D eigenvalue weighted by atomic mass is 10.0. The summed E-state index contributed by atoms with van der Waals surface area (Å²) < 4.78 is 22.5. The van der Waals surface area contributed by atoms with E-state index >= 15 is 0 Å². The molecule has 4 nitrogen and oxygen atoms in total. The predicted octanol–water partition coefficient (Wildman–Crippen LogP) is 2.00. The zero-order chi connectivity index (χ0) is 12.8. The lowest BCUT2D eigenvalue weighted by molar-refractivity contribution is -0.0566. The standard InChI is InChI=1S/C12H26O4Si/c1-9(2)14-17(15-10(3)4)16-11(5)6-12-7-13-8-12/h9-12,17H,6-8H2,1-5H3. The zero-order valence-corrected chi connectivity index (χ0v) is 12.8. The molecule has 0 aromatic carbocycles. The SMILES string of the molecule is CC(C)O[SiH](OC(C)C)OC(C)CC1COC1. The third-order valence-corrected chi connectivity index (χ3v) is 4.70. The van der Waals surface area contributed by atoms with Gasteiger partial charge in [-0.1, -0.05) is 0 Å². The van der Waals surface area contributed by atoms with E-state index in [2.05, 4.69) is 6.92 Å². The molecule has 5 heteroatoms. The maximum atomic E-state index is 5.92. The van der Waals surface area contributed by atoms with Crippen molar-refractivity contribution in [3.05, 3.63) is 0 Å². The molecule has 0 radical (unpaired) electrons. The smallest absolute Gasteiger partial charge is 0.381 e. The Labute approximate surface area is 107 Å². The van der Waals surface area contributed by atoms with Gasteiger partial charge in [0.25, 0.3) is 0 Å². The summed E-state index contributed by atoms with van der Waals surface area (Å²) in [6, 6.07) is 0. The Morgan fingerprint density at radius 1 is 1.00 bits per heavy atom. The van der Waals surface area contributed by atoms with Gasteiger partial charge in [0.1, 0.15) is 0 Å². The highest BCUT2D eigenvalue weighted by Gasteiger charge is 2.26.